The van der Waals surface area contributed by atoms with Gasteiger partial charge in [-0.15, -0.1) is 0 Å². The lowest BCUT2D eigenvalue weighted by atomic mass is 9.86. The number of alkyl halides is 3. The Morgan fingerprint density at radius 3 is 2.12 bits per heavy atom. The van der Waals surface area contributed by atoms with Crippen LogP contribution in [0.3, 0.4) is 0 Å². The average molecular weight is 248 g/mol. The SMILES string of the molecule is C/C=C\C(=C\C)CCC(CC(F)(F)F)C(C)C. The van der Waals surface area contributed by atoms with Gasteiger partial charge in [-0.3, -0.25) is 0 Å². The average Bonchev–Trinajstić information content (AvgIpc) is 2.20. The predicted molar refractivity (Wildman–Crippen MR) is 66.8 cm³/mol. The van der Waals surface area contributed by atoms with Gasteiger partial charge in [0.1, 0.15) is 0 Å². The molecule has 1 atom stereocenters. The van der Waals surface area contributed by atoms with Crippen molar-refractivity contribution in [2.45, 2.75) is 53.1 Å². The molecule has 0 aromatic heterocycles. The Labute approximate surface area is 103 Å². The standard InChI is InChI=1S/C14H23F3/c1-5-7-12(6-2)8-9-13(11(3)4)10-14(15,16)17/h5-7,11,13H,8-10H2,1-4H3/b7-5-,12-6-. The molecule has 0 aliphatic carbocycles. The molecule has 0 aromatic rings. The van der Waals surface area contributed by atoms with Crippen LogP contribution in [0, 0.1) is 11.8 Å². The number of hydrogen-bond acceptors (Lipinski definition) is 0. The molecule has 0 rings (SSSR count). The molecule has 0 nitrogen and oxygen atoms in total. The molecule has 0 spiro atoms. The zero-order chi connectivity index (χ0) is 13.5. The Hall–Kier alpha value is -0.730. The van der Waals surface area contributed by atoms with Crippen LogP contribution in [0.1, 0.15) is 47.0 Å². The van der Waals surface area contributed by atoms with Crippen molar-refractivity contribution in [3.63, 3.8) is 0 Å². The maximum absolute atomic E-state index is 12.4. The Kier molecular flexibility index (Phi) is 7.24. The largest absolute Gasteiger partial charge is 0.389 e. The van der Waals surface area contributed by atoms with Gasteiger partial charge in [0.25, 0.3) is 0 Å². The summed E-state index contributed by atoms with van der Waals surface area (Å²) in [6.07, 6.45) is 2.45. The van der Waals surface area contributed by atoms with Crippen molar-refractivity contribution in [2.75, 3.05) is 0 Å². The van der Waals surface area contributed by atoms with E-state index >= 15 is 0 Å². The van der Waals surface area contributed by atoms with E-state index in [1.165, 1.54) is 0 Å². The molecule has 0 bridgehead atoms. The summed E-state index contributed by atoms with van der Waals surface area (Å²) >= 11 is 0. The van der Waals surface area contributed by atoms with Crippen LogP contribution >= 0.6 is 0 Å². The zero-order valence-electron chi connectivity index (χ0n) is 11.1. The van der Waals surface area contributed by atoms with Crippen LogP contribution in [0.15, 0.2) is 23.8 Å². The highest BCUT2D eigenvalue weighted by atomic mass is 19.4. The van der Waals surface area contributed by atoms with Crippen LogP contribution < -0.4 is 0 Å². The molecule has 0 fully saturated rings. The second-order valence-electron chi connectivity index (χ2n) is 4.73. The zero-order valence-corrected chi connectivity index (χ0v) is 11.1. The van der Waals surface area contributed by atoms with E-state index in [1.54, 1.807) is 0 Å². The van der Waals surface area contributed by atoms with Gasteiger partial charge in [0, 0.05) is 6.42 Å². The molecule has 0 saturated heterocycles. The second kappa shape index (κ2) is 7.57. The molecule has 17 heavy (non-hydrogen) atoms. The third kappa shape index (κ3) is 8.06. The molecule has 0 amide bonds. The molecule has 0 aliphatic rings. The minimum Gasteiger partial charge on any atom is -0.171 e. The van der Waals surface area contributed by atoms with Crippen molar-refractivity contribution < 1.29 is 13.2 Å². The fourth-order valence-corrected chi connectivity index (χ4v) is 1.86. The highest BCUT2D eigenvalue weighted by Crippen LogP contribution is 2.32. The molecule has 0 radical (unpaired) electrons. The molecule has 3 heteroatoms. The summed E-state index contributed by atoms with van der Waals surface area (Å²) in [5.74, 6) is -0.212. The van der Waals surface area contributed by atoms with Crippen LogP contribution in [0.5, 0.6) is 0 Å². The Morgan fingerprint density at radius 2 is 1.76 bits per heavy atom. The molecular formula is C14H23F3. The van der Waals surface area contributed by atoms with Gasteiger partial charge in [0.2, 0.25) is 0 Å². The van der Waals surface area contributed by atoms with Crippen LogP contribution in [-0.2, 0) is 0 Å². The molecule has 0 aromatic carbocycles. The van der Waals surface area contributed by atoms with Crippen LogP contribution in [0.2, 0.25) is 0 Å². The third-order valence-electron chi connectivity index (χ3n) is 2.99. The van der Waals surface area contributed by atoms with Crippen LogP contribution in [0.4, 0.5) is 13.2 Å². The van der Waals surface area contributed by atoms with E-state index in [0.29, 0.717) is 6.42 Å². The summed E-state index contributed by atoms with van der Waals surface area (Å²) in [5.41, 5.74) is 1.11. The lowest BCUT2D eigenvalue weighted by molar-refractivity contribution is -0.148. The van der Waals surface area contributed by atoms with Gasteiger partial charge in [-0.05, 0) is 38.5 Å². The smallest absolute Gasteiger partial charge is 0.171 e. The normalized spacial score (nSPS) is 15.9. The van der Waals surface area contributed by atoms with Crippen LogP contribution in [-0.4, -0.2) is 6.18 Å². The molecule has 0 saturated carbocycles. The lowest BCUT2D eigenvalue weighted by Crippen LogP contribution is -2.19. The van der Waals surface area contributed by atoms with Crippen molar-refractivity contribution in [1.82, 2.24) is 0 Å². The van der Waals surface area contributed by atoms with Gasteiger partial charge in [-0.1, -0.05) is 37.6 Å². The maximum atomic E-state index is 12.4. The summed E-state index contributed by atoms with van der Waals surface area (Å²) in [6, 6.07) is 0. The van der Waals surface area contributed by atoms with E-state index in [2.05, 4.69) is 0 Å². The van der Waals surface area contributed by atoms with Gasteiger partial charge in [0.05, 0.1) is 0 Å². The van der Waals surface area contributed by atoms with Gasteiger partial charge < -0.3 is 0 Å². The summed E-state index contributed by atoms with van der Waals surface area (Å²) in [5, 5.41) is 0. The highest BCUT2D eigenvalue weighted by Gasteiger charge is 2.32. The summed E-state index contributed by atoms with van der Waals surface area (Å²) in [7, 11) is 0. The number of allylic oxidation sites excluding steroid dienone is 4. The van der Waals surface area contributed by atoms with Crippen molar-refractivity contribution in [2.24, 2.45) is 11.8 Å². The van der Waals surface area contributed by atoms with Crippen molar-refractivity contribution in [3.8, 4) is 0 Å². The van der Waals surface area contributed by atoms with Gasteiger partial charge in [-0.25, -0.2) is 0 Å². The number of halogens is 3. The minimum atomic E-state index is -4.05. The first kappa shape index (κ1) is 16.3. The second-order valence-corrected chi connectivity index (χ2v) is 4.73. The van der Waals surface area contributed by atoms with Crippen LogP contribution in [0.25, 0.3) is 0 Å². The van der Waals surface area contributed by atoms with E-state index in [-0.39, 0.29) is 11.8 Å². The Morgan fingerprint density at radius 1 is 1.18 bits per heavy atom. The quantitative estimate of drug-likeness (QED) is 0.543. The first-order chi connectivity index (χ1) is 7.80. The fourth-order valence-electron chi connectivity index (χ4n) is 1.86. The van der Waals surface area contributed by atoms with E-state index in [9.17, 15) is 13.2 Å². The molecule has 1 unspecified atom stereocenters. The summed E-state index contributed by atoms with van der Waals surface area (Å²) < 4.78 is 37.2. The van der Waals surface area contributed by atoms with E-state index < -0.39 is 12.6 Å². The van der Waals surface area contributed by atoms with Gasteiger partial charge >= 0.3 is 6.18 Å². The molecular weight excluding hydrogens is 225 g/mol. The van der Waals surface area contributed by atoms with E-state index in [1.807, 2.05) is 45.9 Å². The van der Waals surface area contributed by atoms with Crippen molar-refractivity contribution in [1.29, 1.82) is 0 Å². The van der Waals surface area contributed by atoms with Gasteiger partial charge in [0.15, 0.2) is 0 Å². The summed E-state index contributed by atoms with van der Waals surface area (Å²) in [4.78, 5) is 0. The van der Waals surface area contributed by atoms with Gasteiger partial charge in [-0.2, -0.15) is 13.2 Å². The minimum absolute atomic E-state index is 0.0698. The number of hydrogen-bond donors (Lipinski definition) is 0. The number of rotatable bonds is 6. The lowest BCUT2D eigenvalue weighted by Gasteiger charge is -2.22. The first-order valence-electron chi connectivity index (χ1n) is 6.14. The fraction of sp³-hybridized carbons (Fsp3) is 0.714. The maximum Gasteiger partial charge on any atom is 0.389 e. The van der Waals surface area contributed by atoms with E-state index in [0.717, 1.165) is 12.0 Å². The molecule has 0 N–H and O–H groups in total. The summed E-state index contributed by atoms with van der Waals surface area (Å²) in [6.45, 7) is 7.56. The predicted octanol–water partition coefficient (Wildman–Crippen LogP) is 5.51. The highest BCUT2D eigenvalue weighted by molar-refractivity contribution is 5.17. The van der Waals surface area contributed by atoms with Crippen molar-refractivity contribution in [3.05, 3.63) is 23.8 Å². The third-order valence-corrected chi connectivity index (χ3v) is 2.99. The first-order valence-corrected chi connectivity index (χ1v) is 6.14. The molecule has 100 valence electrons. The Bertz CT molecular complexity index is 259. The van der Waals surface area contributed by atoms with Crippen molar-refractivity contribution >= 4 is 0 Å². The van der Waals surface area contributed by atoms with E-state index in [4.69, 9.17) is 0 Å². The monoisotopic (exact) mass is 248 g/mol. The molecule has 0 aliphatic heterocycles. The Balaban J connectivity index is 4.37. The molecule has 0 heterocycles. The topological polar surface area (TPSA) is 0 Å².